The Labute approximate surface area is 211 Å². The number of hydrazone groups is 1. The van der Waals surface area contributed by atoms with Gasteiger partial charge in [0, 0.05) is 11.1 Å². The van der Waals surface area contributed by atoms with Gasteiger partial charge in [0.15, 0.2) is 11.5 Å². The van der Waals surface area contributed by atoms with Crippen LogP contribution in [0.5, 0.6) is 23.0 Å². The highest BCUT2D eigenvalue weighted by Crippen LogP contribution is 2.29. The molecule has 186 valence electrons. The summed E-state index contributed by atoms with van der Waals surface area (Å²) in [7, 11) is 4.31. The number of ether oxygens (including phenoxy) is 4. The zero-order valence-corrected chi connectivity index (χ0v) is 20.3. The number of nitrogens with one attached hydrogen (secondary N) is 2. The number of hydrogen-bond acceptors (Lipinski definition) is 8. The van der Waals surface area contributed by atoms with E-state index in [1.165, 1.54) is 51.8 Å². The fourth-order valence-corrected chi connectivity index (χ4v) is 3.12. The molecular formula is C25H22ClN3O7. The van der Waals surface area contributed by atoms with Gasteiger partial charge in [0.05, 0.1) is 38.8 Å². The molecule has 0 aromatic heterocycles. The summed E-state index contributed by atoms with van der Waals surface area (Å²) in [5, 5.41) is 6.63. The molecule has 3 rings (SSSR count). The van der Waals surface area contributed by atoms with Gasteiger partial charge in [-0.3, -0.25) is 9.59 Å². The first-order chi connectivity index (χ1) is 17.3. The van der Waals surface area contributed by atoms with E-state index in [1.807, 2.05) is 0 Å². The molecule has 0 aliphatic rings. The fourth-order valence-electron chi connectivity index (χ4n) is 2.93. The van der Waals surface area contributed by atoms with E-state index in [0.717, 1.165) is 0 Å². The van der Waals surface area contributed by atoms with Gasteiger partial charge in [0.1, 0.15) is 11.5 Å². The Morgan fingerprint density at radius 2 is 1.58 bits per heavy atom. The van der Waals surface area contributed by atoms with Crippen LogP contribution in [-0.2, 0) is 9.59 Å². The van der Waals surface area contributed by atoms with Crippen LogP contribution in [0.15, 0.2) is 65.8 Å². The van der Waals surface area contributed by atoms with Crippen molar-refractivity contribution < 1.29 is 33.3 Å². The molecule has 11 heteroatoms. The summed E-state index contributed by atoms with van der Waals surface area (Å²) >= 11 is 5.92. The summed E-state index contributed by atoms with van der Waals surface area (Å²) in [6.07, 6.45) is 1.29. The number of nitrogens with zero attached hydrogens (tertiary/aromatic N) is 1. The van der Waals surface area contributed by atoms with Crippen LogP contribution in [0.25, 0.3) is 0 Å². The lowest BCUT2D eigenvalue weighted by atomic mass is 10.2. The topological polar surface area (TPSA) is 125 Å². The molecule has 2 N–H and O–H groups in total. The number of rotatable bonds is 8. The van der Waals surface area contributed by atoms with Crippen molar-refractivity contribution in [3.63, 3.8) is 0 Å². The number of hydrogen-bond donors (Lipinski definition) is 2. The third kappa shape index (κ3) is 6.73. The molecule has 0 heterocycles. The Morgan fingerprint density at radius 3 is 2.28 bits per heavy atom. The summed E-state index contributed by atoms with van der Waals surface area (Å²) in [5.41, 5.74) is 3.18. The van der Waals surface area contributed by atoms with E-state index >= 15 is 0 Å². The van der Waals surface area contributed by atoms with Gasteiger partial charge in [-0.2, -0.15) is 5.10 Å². The molecule has 0 saturated carbocycles. The predicted molar refractivity (Wildman–Crippen MR) is 133 cm³/mol. The number of anilines is 1. The van der Waals surface area contributed by atoms with E-state index in [2.05, 4.69) is 15.8 Å². The monoisotopic (exact) mass is 511 g/mol. The summed E-state index contributed by atoms with van der Waals surface area (Å²) in [5.74, 6) is -1.32. The van der Waals surface area contributed by atoms with Crippen LogP contribution in [-0.4, -0.2) is 45.3 Å². The Kier molecular flexibility index (Phi) is 8.84. The van der Waals surface area contributed by atoms with Crippen LogP contribution in [0.3, 0.4) is 0 Å². The maximum atomic E-state index is 12.4. The van der Waals surface area contributed by atoms with Crippen LogP contribution in [0.2, 0.25) is 5.02 Å². The highest BCUT2D eigenvalue weighted by molar-refractivity contribution is 6.39. The van der Waals surface area contributed by atoms with Gasteiger partial charge in [0.25, 0.3) is 0 Å². The summed E-state index contributed by atoms with van der Waals surface area (Å²) in [4.78, 5) is 36.8. The molecule has 0 aliphatic carbocycles. The lowest BCUT2D eigenvalue weighted by Gasteiger charge is -2.11. The Hall–Kier alpha value is -4.57. The number of carbonyl (C=O) groups excluding carboxylic acids is 3. The summed E-state index contributed by atoms with van der Waals surface area (Å²) in [6.45, 7) is 0. The predicted octanol–water partition coefficient (Wildman–Crippen LogP) is 3.67. The van der Waals surface area contributed by atoms with Crippen LogP contribution in [0.4, 0.5) is 5.69 Å². The number of carbonyl (C=O) groups is 3. The number of halogens is 1. The molecule has 36 heavy (non-hydrogen) atoms. The van der Waals surface area contributed by atoms with Crippen molar-refractivity contribution in [2.75, 3.05) is 26.6 Å². The molecule has 0 radical (unpaired) electrons. The molecule has 3 aromatic rings. The number of esters is 1. The molecule has 2 amide bonds. The average molecular weight is 512 g/mol. The first-order valence-electron chi connectivity index (χ1n) is 10.4. The molecule has 0 spiro atoms. The standard InChI is InChI=1S/C25H22ClN3O7/c1-33-18-8-10-20(34-2)19(13-18)28-23(30)24(31)29-27-14-15-7-9-21(22(11-15)35-3)36-25(32)16-5-4-6-17(26)12-16/h4-14H,1-3H3,(H,28,30)(H,29,31)/b27-14+. The average Bonchev–Trinajstić information content (AvgIpc) is 2.89. The van der Waals surface area contributed by atoms with E-state index in [4.69, 9.17) is 30.5 Å². The third-order valence-electron chi connectivity index (χ3n) is 4.69. The van der Waals surface area contributed by atoms with Gasteiger partial charge in [0.2, 0.25) is 0 Å². The van der Waals surface area contributed by atoms with Crippen LogP contribution < -0.4 is 29.7 Å². The lowest BCUT2D eigenvalue weighted by molar-refractivity contribution is -0.136. The van der Waals surface area contributed by atoms with Gasteiger partial charge < -0.3 is 24.3 Å². The smallest absolute Gasteiger partial charge is 0.343 e. The van der Waals surface area contributed by atoms with Crippen molar-refractivity contribution in [1.82, 2.24) is 5.43 Å². The Balaban J connectivity index is 1.63. The van der Waals surface area contributed by atoms with Gasteiger partial charge in [-0.15, -0.1) is 0 Å². The highest BCUT2D eigenvalue weighted by Gasteiger charge is 2.16. The lowest BCUT2D eigenvalue weighted by Crippen LogP contribution is -2.32. The Morgan fingerprint density at radius 1 is 0.833 bits per heavy atom. The molecule has 0 fully saturated rings. The minimum atomic E-state index is -1.00. The van der Waals surface area contributed by atoms with Crippen molar-refractivity contribution >= 4 is 41.3 Å². The van der Waals surface area contributed by atoms with Crippen molar-refractivity contribution in [1.29, 1.82) is 0 Å². The molecule has 0 saturated heterocycles. The highest BCUT2D eigenvalue weighted by atomic mass is 35.5. The van der Waals surface area contributed by atoms with Crippen molar-refractivity contribution in [3.05, 3.63) is 76.8 Å². The van der Waals surface area contributed by atoms with Crippen LogP contribution >= 0.6 is 11.6 Å². The van der Waals surface area contributed by atoms with Gasteiger partial charge in [-0.1, -0.05) is 17.7 Å². The third-order valence-corrected chi connectivity index (χ3v) is 4.93. The first kappa shape index (κ1) is 26.0. The van der Waals surface area contributed by atoms with Crippen LogP contribution in [0.1, 0.15) is 15.9 Å². The van der Waals surface area contributed by atoms with E-state index in [1.54, 1.807) is 36.4 Å². The second-order valence-corrected chi connectivity index (χ2v) is 7.47. The molecule has 10 nitrogen and oxygen atoms in total. The molecule has 3 aromatic carbocycles. The van der Waals surface area contributed by atoms with Crippen molar-refractivity contribution in [2.45, 2.75) is 0 Å². The van der Waals surface area contributed by atoms with Crippen molar-refractivity contribution in [2.24, 2.45) is 5.10 Å². The summed E-state index contributed by atoms with van der Waals surface area (Å²) < 4.78 is 21.0. The molecule has 0 aliphatic heterocycles. The van der Waals surface area contributed by atoms with Gasteiger partial charge in [-0.05, 0) is 54.1 Å². The summed E-state index contributed by atoms with van der Waals surface area (Å²) in [6, 6.07) is 15.7. The van der Waals surface area contributed by atoms with E-state index in [0.29, 0.717) is 22.1 Å². The SMILES string of the molecule is COc1ccc(OC)c(NC(=O)C(=O)N/N=C/c2ccc(OC(=O)c3cccc(Cl)c3)c(OC)c2)c1. The number of amides is 2. The maximum Gasteiger partial charge on any atom is 0.343 e. The molecule has 0 unspecified atom stereocenters. The maximum absolute atomic E-state index is 12.4. The fraction of sp³-hybridized carbons (Fsp3) is 0.120. The number of benzene rings is 3. The quantitative estimate of drug-likeness (QED) is 0.155. The number of methoxy groups -OCH3 is 3. The second kappa shape index (κ2) is 12.2. The second-order valence-electron chi connectivity index (χ2n) is 7.03. The largest absolute Gasteiger partial charge is 0.497 e. The minimum absolute atomic E-state index is 0.176. The van der Waals surface area contributed by atoms with Gasteiger partial charge in [-0.25, -0.2) is 10.2 Å². The molecular weight excluding hydrogens is 490 g/mol. The zero-order chi connectivity index (χ0) is 26.1. The Bertz CT molecular complexity index is 1310. The normalized spacial score (nSPS) is 10.4. The van der Waals surface area contributed by atoms with Gasteiger partial charge >= 0.3 is 17.8 Å². The first-order valence-corrected chi connectivity index (χ1v) is 10.7. The molecule has 0 atom stereocenters. The van der Waals surface area contributed by atoms with E-state index < -0.39 is 17.8 Å². The van der Waals surface area contributed by atoms with E-state index in [9.17, 15) is 14.4 Å². The minimum Gasteiger partial charge on any atom is -0.497 e. The molecule has 0 bridgehead atoms. The van der Waals surface area contributed by atoms with Crippen LogP contribution in [0, 0.1) is 0 Å². The zero-order valence-electron chi connectivity index (χ0n) is 19.5. The van der Waals surface area contributed by atoms with Crippen molar-refractivity contribution in [3.8, 4) is 23.0 Å². The van der Waals surface area contributed by atoms with E-state index in [-0.39, 0.29) is 22.7 Å².